The average molecular weight is 300 g/mol. The van der Waals surface area contributed by atoms with Crippen LogP contribution in [0.2, 0.25) is 0 Å². The number of hydrogen-bond acceptors (Lipinski definition) is 3. The van der Waals surface area contributed by atoms with E-state index in [0.717, 1.165) is 25.1 Å². The highest BCUT2D eigenvalue weighted by Crippen LogP contribution is 2.35. The van der Waals surface area contributed by atoms with Gasteiger partial charge < -0.3 is 5.32 Å². The Morgan fingerprint density at radius 1 is 1.29 bits per heavy atom. The van der Waals surface area contributed by atoms with Crippen LogP contribution in [-0.2, 0) is 4.79 Å². The summed E-state index contributed by atoms with van der Waals surface area (Å²) in [7, 11) is 0. The molecule has 1 saturated heterocycles. The average Bonchev–Trinajstić information content (AvgIpc) is 3.18. The fourth-order valence-corrected chi connectivity index (χ4v) is 3.84. The molecule has 1 aromatic heterocycles. The van der Waals surface area contributed by atoms with Crippen molar-refractivity contribution in [2.45, 2.75) is 31.8 Å². The second kappa shape index (κ2) is 6.41. The van der Waals surface area contributed by atoms with E-state index in [1.54, 1.807) is 11.3 Å². The number of rotatable bonds is 4. The minimum atomic E-state index is -0.111. The Kier molecular flexibility index (Phi) is 4.36. The molecule has 2 atom stereocenters. The van der Waals surface area contributed by atoms with Crippen LogP contribution in [0.15, 0.2) is 47.8 Å². The topological polar surface area (TPSA) is 32.3 Å². The molecule has 1 fully saturated rings. The standard InChI is InChI=1S/C17H20N2OS/c1-13(17(20)18-14-7-3-2-4-8-14)19-11-5-9-15(19)16-10-6-12-21-16/h2-4,6-8,10,12-13,15H,5,9,11H2,1H3,(H,18,20)/t13-,15-/m1/s1. The molecule has 1 aliphatic rings. The Bertz CT molecular complexity index is 582. The Morgan fingerprint density at radius 2 is 2.10 bits per heavy atom. The van der Waals surface area contributed by atoms with Crippen molar-refractivity contribution in [1.29, 1.82) is 0 Å². The molecule has 2 aromatic rings. The van der Waals surface area contributed by atoms with Crippen LogP contribution in [0.5, 0.6) is 0 Å². The third-order valence-corrected chi connectivity index (χ3v) is 5.06. The molecule has 0 saturated carbocycles. The highest BCUT2D eigenvalue weighted by Gasteiger charge is 2.33. The van der Waals surface area contributed by atoms with Crippen LogP contribution in [0.25, 0.3) is 0 Å². The zero-order chi connectivity index (χ0) is 14.7. The first kappa shape index (κ1) is 14.3. The monoisotopic (exact) mass is 300 g/mol. The number of anilines is 1. The lowest BCUT2D eigenvalue weighted by Gasteiger charge is -2.29. The normalized spacial score (nSPS) is 20.3. The van der Waals surface area contributed by atoms with Crippen molar-refractivity contribution in [1.82, 2.24) is 4.90 Å². The molecule has 1 aromatic carbocycles. The largest absolute Gasteiger partial charge is 0.325 e. The lowest BCUT2D eigenvalue weighted by atomic mass is 10.1. The van der Waals surface area contributed by atoms with E-state index in [-0.39, 0.29) is 11.9 Å². The third-order valence-electron chi connectivity index (χ3n) is 4.08. The van der Waals surface area contributed by atoms with Crippen LogP contribution < -0.4 is 5.32 Å². The molecule has 3 rings (SSSR count). The van der Waals surface area contributed by atoms with Gasteiger partial charge in [-0.05, 0) is 49.9 Å². The quantitative estimate of drug-likeness (QED) is 0.928. The highest BCUT2D eigenvalue weighted by atomic mass is 32.1. The Labute approximate surface area is 129 Å². The number of nitrogens with zero attached hydrogens (tertiary/aromatic N) is 1. The summed E-state index contributed by atoms with van der Waals surface area (Å²) in [6.45, 7) is 3.00. The first-order valence-electron chi connectivity index (χ1n) is 7.41. The molecule has 0 aliphatic carbocycles. The van der Waals surface area contributed by atoms with Gasteiger partial charge >= 0.3 is 0 Å². The van der Waals surface area contributed by atoms with Crippen molar-refractivity contribution in [3.05, 3.63) is 52.7 Å². The molecule has 2 heterocycles. The van der Waals surface area contributed by atoms with Crippen molar-refractivity contribution >= 4 is 22.9 Å². The second-order valence-corrected chi connectivity index (χ2v) is 6.42. The molecule has 110 valence electrons. The van der Waals surface area contributed by atoms with Crippen LogP contribution in [0.4, 0.5) is 5.69 Å². The summed E-state index contributed by atoms with van der Waals surface area (Å²) in [6, 6.07) is 14.2. The molecule has 0 bridgehead atoms. The summed E-state index contributed by atoms with van der Waals surface area (Å²) in [4.78, 5) is 16.2. The third kappa shape index (κ3) is 3.17. The van der Waals surface area contributed by atoms with Crippen molar-refractivity contribution in [3.8, 4) is 0 Å². The molecule has 1 aliphatic heterocycles. The van der Waals surface area contributed by atoms with Crippen molar-refractivity contribution < 1.29 is 4.79 Å². The van der Waals surface area contributed by atoms with Gasteiger partial charge in [-0.25, -0.2) is 0 Å². The van der Waals surface area contributed by atoms with E-state index < -0.39 is 0 Å². The summed E-state index contributed by atoms with van der Waals surface area (Å²) >= 11 is 1.78. The van der Waals surface area contributed by atoms with Gasteiger partial charge in [-0.1, -0.05) is 24.3 Å². The van der Waals surface area contributed by atoms with Crippen molar-refractivity contribution in [2.75, 3.05) is 11.9 Å². The van der Waals surface area contributed by atoms with Gasteiger partial charge in [-0.3, -0.25) is 9.69 Å². The van der Waals surface area contributed by atoms with Crippen LogP contribution in [0, 0.1) is 0 Å². The van der Waals surface area contributed by atoms with Gasteiger partial charge in [0.25, 0.3) is 0 Å². The summed E-state index contributed by atoms with van der Waals surface area (Å²) in [5.74, 6) is 0.0738. The number of carbonyl (C=O) groups excluding carboxylic acids is 1. The first-order valence-corrected chi connectivity index (χ1v) is 8.29. The molecular formula is C17H20N2OS. The van der Waals surface area contributed by atoms with E-state index in [9.17, 15) is 4.79 Å². The Hall–Kier alpha value is -1.65. The molecule has 0 spiro atoms. The number of likely N-dealkylation sites (tertiary alicyclic amines) is 1. The fourth-order valence-electron chi connectivity index (χ4n) is 2.96. The lowest BCUT2D eigenvalue weighted by Crippen LogP contribution is -2.41. The maximum atomic E-state index is 12.5. The Morgan fingerprint density at radius 3 is 2.81 bits per heavy atom. The first-order chi connectivity index (χ1) is 10.3. The number of thiophene rings is 1. The Balaban J connectivity index is 1.69. The van der Waals surface area contributed by atoms with Gasteiger partial charge in [0.05, 0.1) is 6.04 Å². The van der Waals surface area contributed by atoms with E-state index in [2.05, 4.69) is 27.7 Å². The summed E-state index contributed by atoms with van der Waals surface area (Å²) in [5, 5.41) is 5.12. The van der Waals surface area contributed by atoms with Crippen LogP contribution in [0.1, 0.15) is 30.7 Å². The molecule has 1 amide bonds. The second-order valence-electron chi connectivity index (χ2n) is 5.44. The van der Waals surface area contributed by atoms with Crippen LogP contribution in [0.3, 0.4) is 0 Å². The number of para-hydroxylation sites is 1. The predicted molar refractivity (Wildman–Crippen MR) is 87.5 cm³/mol. The SMILES string of the molecule is C[C@H](C(=O)Nc1ccccc1)N1CCC[C@@H]1c1cccs1. The van der Waals surface area contributed by atoms with E-state index >= 15 is 0 Å². The maximum absolute atomic E-state index is 12.5. The summed E-state index contributed by atoms with van der Waals surface area (Å²) in [5.41, 5.74) is 0.862. The molecule has 21 heavy (non-hydrogen) atoms. The molecular weight excluding hydrogens is 280 g/mol. The van der Waals surface area contributed by atoms with Gasteiger partial charge in [0, 0.05) is 16.6 Å². The number of nitrogens with one attached hydrogen (secondary N) is 1. The van der Waals surface area contributed by atoms with Gasteiger partial charge in [0.15, 0.2) is 0 Å². The van der Waals surface area contributed by atoms with Gasteiger partial charge in [0.1, 0.15) is 0 Å². The number of amides is 1. The molecule has 4 heteroatoms. The zero-order valence-corrected chi connectivity index (χ0v) is 13.0. The molecule has 0 unspecified atom stereocenters. The minimum Gasteiger partial charge on any atom is -0.325 e. The van der Waals surface area contributed by atoms with E-state index in [0.29, 0.717) is 6.04 Å². The maximum Gasteiger partial charge on any atom is 0.241 e. The zero-order valence-electron chi connectivity index (χ0n) is 12.2. The molecule has 0 radical (unpaired) electrons. The van der Waals surface area contributed by atoms with Crippen LogP contribution >= 0.6 is 11.3 Å². The smallest absolute Gasteiger partial charge is 0.241 e. The minimum absolute atomic E-state index is 0.0738. The van der Waals surface area contributed by atoms with Crippen molar-refractivity contribution in [3.63, 3.8) is 0 Å². The number of hydrogen-bond donors (Lipinski definition) is 1. The van der Waals surface area contributed by atoms with Gasteiger partial charge in [-0.2, -0.15) is 0 Å². The molecule has 1 N–H and O–H groups in total. The molecule has 3 nitrogen and oxygen atoms in total. The van der Waals surface area contributed by atoms with E-state index in [1.165, 1.54) is 4.88 Å². The summed E-state index contributed by atoms with van der Waals surface area (Å²) in [6.07, 6.45) is 2.30. The number of carbonyl (C=O) groups is 1. The van der Waals surface area contributed by atoms with E-state index in [1.807, 2.05) is 37.3 Å². The fraction of sp³-hybridized carbons (Fsp3) is 0.353. The highest BCUT2D eigenvalue weighted by molar-refractivity contribution is 7.10. The van der Waals surface area contributed by atoms with Gasteiger partial charge in [-0.15, -0.1) is 11.3 Å². The van der Waals surface area contributed by atoms with Crippen molar-refractivity contribution in [2.24, 2.45) is 0 Å². The van der Waals surface area contributed by atoms with Crippen LogP contribution in [-0.4, -0.2) is 23.4 Å². The summed E-state index contributed by atoms with van der Waals surface area (Å²) < 4.78 is 0. The lowest BCUT2D eigenvalue weighted by molar-refractivity contribution is -0.121. The predicted octanol–water partition coefficient (Wildman–Crippen LogP) is 3.91. The van der Waals surface area contributed by atoms with Gasteiger partial charge in [0.2, 0.25) is 5.91 Å². The van der Waals surface area contributed by atoms with E-state index in [4.69, 9.17) is 0 Å². The number of benzene rings is 1.